The zero-order valence-corrected chi connectivity index (χ0v) is 16.3. The summed E-state index contributed by atoms with van der Waals surface area (Å²) in [4.78, 5) is 14.2. The van der Waals surface area contributed by atoms with Crippen LogP contribution in [0.5, 0.6) is 0 Å². The Kier molecular flexibility index (Phi) is 5.81. The molecule has 0 aliphatic carbocycles. The summed E-state index contributed by atoms with van der Waals surface area (Å²) in [6, 6.07) is 15.8. The molecule has 28 heavy (non-hydrogen) atoms. The van der Waals surface area contributed by atoms with Crippen LogP contribution in [0.2, 0.25) is 5.02 Å². The highest BCUT2D eigenvalue weighted by Crippen LogP contribution is 2.15. The average Bonchev–Trinajstić information content (AvgIpc) is 3.22. The summed E-state index contributed by atoms with van der Waals surface area (Å²) in [6.07, 6.45) is 1.42. The third-order valence-electron chi connectivity index (χ3n) is 3.76. The van der Waals surface area contributed by atoms with E-state index in [1.807, 2.05) is 0 Å². The van der Waals surface area contributed by atoms with E-state index in [9.17, 15) is 13.2 Å². The average molecular weight is 418 g/mol. The number of nitrogens with one attached hydrogen (secondary N) is 2. The fourth-order valence-corrected chi connectivity index (χ4v) is 3.24. The SMILES string of the molecule is C/C(=N/NS(=O)(=O)c1ccc(Cl)cc1)c1ccc(NC(=O)c2ccco2)cc1. The zero-order valence-electron chi connectivity index (χ0n) is 14.7. The van der Waals surface area contributed by atoms with Crippen molar-refractivity contribution in [1.29, 1.82) is 0 Å². The van der Waals surface area contributed by atoms with E-state index in [0.29, 0.717) is 22.0 Å². The molecule has 1 aromatic heterocycles. The zero-order chi connectivity index (χ0) is 20.1. The van der Waals surface area contributed by atoms with Crippen molar-refractivity contribution < 1.29 is 17.6 Å². The lowest BCUT2D eigenvalue weighted by Gasteiger charge is -2.07. The molecule has 0 spiro atoms. The van der Waals surface area contributed by atoms with Gasteiger partial charge in [-0.15, -0.1) is 0 Å². The molecule has 2 N–H and O–H groups in total. The third-order valence-corrected chi connectivity index (χ3v) is 5.24. The van der Waals surface area contributed by atoms with E-state index in [1.54, 1.807) is 43.3 Å². The molecule has 0 fully saturated rings. The molecule has 9 heteroatoms. The normalized spacial score (nSPS) is 11.9. The van der Waals surface area contributed by atoms with Gasteiger partial charge in [-0.2, -0.15) is 18.4 Å². The van der Waals surface area contributed by atoms with Gasteiger partial charge in [0.1, 0.15) is 0 Å². The fraction of sp³-hybridized carbons (Fsp3) is 0.0526. The number of anilines is 1. The van der Waals surface area contributed by atoms with Crippen molar-refractivity contribution >= 4 is 38.9 Å². The first-order valence-electron chi connectivity index (χ1n) is 8.12. The van der Waals surface area contributed by atoms with Crippen LogP contribution in [0.4, 0.5) is 5.69 Å². The van der Waals surface area contributed by atoms with Gasteiger partial charge in [-0.1, -0.05) is 23.7 Å². The summed E-state index contributed by atoms with van der Waals surface area (Å²) in [7, 11) is -3.79. The minimum absolute atomic E-state index is 0.0597. The molecule has 1 amide bonds. The number of carbonyl (C=O) groups is 1. The first-order valence-corrected chi connectivity index (χ1v) is 9.98. The van der Waals surface area contributed by atoms with Gasteiger partial charge in [0, 0.05) is 10.7 Å². The smallest absolute Gasteiger partial charge is 0.291 e. The quantitative estimate of drug-likeness (QED) is 0.469. The number of rotatable bonds is 6. The summed E-state index contributed by atoms with van der Waals surface area (Å²) in [5, 5.41) is 7.08. The van der Waals surface area contributed by atoms with E-state index in [1.165, 1.54) is 30.5 Å². The molecule has 0 aliphatic heterocycles. The van der Waals surface area contributed by atoms with E-state index in [-0.39, 0.29) is 16.6 Å². The Balaban J connectivity index is 1.67. The molecule has 3 rings (SSSR count). The van der Waals surface area contributed by atoms with Gasteiger partial charge < -0.3 is 9.73 Å². The first-order chi connectivity index (χ1) is 13.3. The predicted octanol–water partition coefficient (Wildman–Crippen LogP) is 3.89. The van der Waals surface area contributed by atoms with Crippen molar-refractivity contribution in [3.8, 4) is 0 Å². The maximum Gasteiger partial charge on any atom is 0.291 e. The molecule has 144 valence electrons. The number of benzene rings is 2. The van der Waals surface area contributed by atoms with Crippen LogP contribution >= 0.6 is 11.6 Å². The maximum atomic E-state index is 12.2. The van der Waals surface area contributed by atoms with Crippen LogP contribution in [0, 0.1) is 0 Å². The molecule has 0 saturated carbocycles. The van der Waals surface area contributed by atoms with Gasteiger partial charge in [0.25, 0.3) is 15.9 Å². The second-order valence-corrected chi connectivity index (χ2v) is 7.85. The van der Waals surface area contributed by atoms with E-state index in [4.69, 9.17) is 16.0 Å². The monoisotopic (exact) mass is 417 g/mol. The number of halogens is 1. The van der Waals surface area contributed by atoms with Crippen molar-refractivity contribution in [1.82, 2.24) is 4.83 Å². The summed E-state index contributed by atoms with van der Waals surface area (Å²) in [5.41, 5.74) is 1.72. The molecule has 0 radical (unpaired) electrons. The van der Waals surface area contributed by atoms with Gasteiger partial charge in [-0.25, -0.2) is 0 Å². The Labute approximate surface area is 167 Å². The summed E-state index contributed by atoms with van der Waals surface area (Å²) >= 11 is 5.77. The molecule has 1 heterocycles. The van der Waals surface area contributed by atoms with E-state index >= 15 is 0 Å². The van der Waals surface area contributed by atoms with Crippen LogP contribution in [-0.4, -0.2) is 20.0 Å². The summed E-state index contributed by atoms with van der Waals surface area (Å²) < 4.78 is 29.5. The second kappa shape index (κ2) is 8.28. The molecule has 7 nitrogen and oxygen atoms in total. The Morgan fingerprint density at radius 2 is 1.71 bits per heavy atom. The predicted molar refractivity (Wildman–Crippen MR) is 107 cm³/mol. The lowest BCUT2D eigenvalue weighted by atomic mass is 10.1. The largest absolute Gasteiger partial charge is 0.459 e. The highest BCUT2D eigenvalue weighted by molar-refractivity contribution is 7.89. The van der Waals surface area contributed by atoms with Crippen molar-refractivity contribution in [2.45, 2.75) is 11.8 Å². The van der Waals surface area contributed by atoms with Crippen LogP contribution in [-0.2, 0) is 10.0 Å². The van der Waals surface area contributed by atoms with Gasteiger partial charge in [0.05, 0.1) is 16.9 Å². The molecule has 0 bridgehead atoms. The topological polar surface area (TPSA) is 101 Å². The molecule has 0 aliphatic rings. The Hall–Kier alpha value is -3.10. The number of hydrazone groups is 1. The molecule has 3 aromatic rings. The fourth-order valence-electron chi connectivity index (χ4n) is 2.25. The lowest BCUT2D eigenvalue weighted by molar-refractivity contribution is 0.0996. The molecular weight excluding hydrogens is 402 g/mol. The minimum atomic E-state index is -3.79. The van der Waals surface area contributed by atoms with Gasteiger partial charge in [0.2, 0.25) is 0 Å². The van der Waals surface area contributed by atoms with E-state index in [0.717, 1.165) is 0 Å². The second-order valence-electron chi connectivity index (χ2n) is 5.75. The van der Waals surface area contributed by atoms with E-state index < -0.39 is 10.0 Å². The number of sulfonamides is 1. The van der Waals surface area contributed by atoms with Gasteiger partial charge in [-0.05, 0) is 61.0 Å². The van der Waals surface area contributed by atoms with Crippen molar-refractivity contribution in [2.75, 3.05) is 5.32 Å². The maximum absolute atomic E-state index is 12.2. The lowest BCUT2D eigenvalue weighted by Crippen LogP contribution is -2.19. The standard InChI is InChI=1S/C19H16ClN3O4S/c1-13(22-23-28(25,26)17-10-6-15(20)7-11-17)14-4-8-16(9-5-14)21-19(24)18-3-2-12-27-18/h2-12,23H,1H3,(H,21,24)/b22-13-. The number of hydrogen-bond acceptors (Lipinski definition) is 5. The third kappa shape index (κ3) is 4.79. The molecule has 2 aromatic carbocycles. The molecule has 0 saturated heterocycles. The first kappa shape index (κ1) is 19.7. The van der Waals surface area contributed by atoms with Gasteiger partial charge in [0.15, 0.2) is 5.76 Å². The number of hydrogen-bond donors (Lipinski definition) is 2. The van der Waals surface area contributed by atoms with Crippen LogP contribution in [0.15, 0.2) is 81.3 Å². The van der Waals surface area contributed by atoms with Crippen LogP contribution in [0.25, 0.3) is 0 Å². The highest BCUT2D eigenvalue weighted by Gasteiger charge is 2.13. The molecular formula is C19H16ClN3O4S. The summed E-state index contributed by atoms with van der Waals surface area (Å²) in [5.74, 6) is -0.155. The van der Waals surface area contributed by atoms with Crippen LogP contribution < -0.4 is 10.1 Å². The minimum Gasteiger partial charge on any atom is -0.459 e. The number of furan rings is 1. The molecule has 0 atom stereocenters. The number of carbonyl (C=O) groups excluding carboxylic acids is 1. The number of nitrogens with zero attached hydrogens (tertiary/aromatic N) is 1. The van der Waals surface area contributed by atoms with E-state index in [2.05, 4.69) is 15.2 Å². The van der Waals surface area contributed by atoms with Gasteiger partial charge in [-0.3, -0.25) is 4.79 Å². The van der Waals surface area contributed by atoms with Crippen LogP contribution in [0.1, 0.15) is 23.0 Å². The van der Waals surface area contributed by atoms with Crippen molar-refractivity contribution in [2.24, 2.45) is 5.10 Å². The van der Waals surface area contributed by atoms with Crippen molar-refractivity contribution in [3.63, 3.8) is 0 Å². The van der Waals surface area contributed by atoms with Crippen molar-refractivity contribution in [3.05, 3.63) is 83.3 Å². The Morgan fingerprint density at radius 3 is 2.32 bits per heavy atom. The van der Waals surface area contributed by atoms with Gasteiger partial charge >= 0.3 is 0 Å². The Bertz CT molecular complexity index is 1090. The number of amides is 1. The summed E-state index contributed by atoms with van der Waals surface area (Å²) in [6.45, 7) is 1.67. The highest BCUT2D eigenvalue weighted by atomic mass is 35.5. The van der Waals surface area contributed by atoms with Crippen LogP contribution in [0.3, 0.4) is 0 Å². The Morgan fingerprint density at radius 1 is 1.04 bits per heavy atom. The molecule has 0 unspecified atom stereocenters.